The van der Waals surface area contributed by atoms with Gasteiger partial charge in [-0.3, -0.25) is 4.79 Å². The molecule has 0 atom stereocenters. The van der Waals surface area contributed by atoms with E-state index in [0.717, 1.165) is 24.7 Å². The zero-order chi connectivity index (χ0) is 18.7. The molecule has 1 aliphatic heterocycles. The fourth-order valence-corrected chi connectivity index (χ4v) is 3.34. The number of para-hydroxylation sites is 1. The maximum Gasteiger partial charge on any atom is 0.260 e. The highest BCUT2D eigenvalue weighted by Crippen LogP contribution is 2.26. The zero-order valence-electron chi connectivity index (χ0n) is 15.0. The van der Waals surface area contributed by atoms with Crippen molar-refractivity contribution in [2.75, 3.05) is 38.2 Å². The van der Waals surface area contributed by atoms with Crippen molar-refractivity contribution in [3.63, 3.8) is 0 Å². The average Bonchev–Trinajstić information content (AvgIpc) is 2.90. The molecule has 1 fully saturated rings. The standard InChI is InChI=1S/C20H22F2N2O2/c1-14-6-3-4-7-16(14)23-10-5-11-24(13-12-23)20(25)18-17(26-2)9-8-15(21)19(18)22/h3-4,6-9H,5,10-13H2,1-2H3. The Bertz CT molecular complexity index is 810. The van der Waals surface area contributed by atoms with Crippen molar-refractivity contribution in [3.05, 3.63) is 59.2 Å². The molecule has 6 heteroatoms. The van der Waals surface area contributed by atoms with E-state index in [1.54, 1.807) is 4.90 Å². The second kappa shape index (κ2) is 7.72. The Morgan fingerprint density at radius 3 is 2.54 bits per heavy atom. The van der Waals surface area contributed by atoms with Crippen LogP contribution < -0.4 is 9.64 Å². The van der Waals surface area contributed by atoms with E-state index < -0.39 is 17.5 Å². The van der Waals surface area contributed by atoms with Crippen molar-refractivity contribution in [1.29, 1.82) is 0 Å². The van der Waals surface area contributed by atoms with E-state index in [1.807, 2.05) is 12.1 Å². The summed E-state index contributed by atoms with van der Waals surface area (Å²) in [6.07, 6.45) is 0.749. The minimum Gasteiger partial charge on any atom is -0.496 e. The Morgan fingerprint density at radius 2 is 1.81 bits per heavy atom. The van der Waals surface area contributed by atoms with Gasteiger partial charge in [0.1, 0.15) is 11.3 Å². The van der Waals surface area contributed by atoms with Crippen LogP contribution in [0.15, 0.2) is 36.4 Å². The van der Waals surface area contributed by atoms with Crippen LogP contribution in [0.2, 0.25) is 0 Å². The summed E-state index contributed by atoms with van der Waals surface area (Å²) < 4.78 is 32.9. The third-order valence-corrected chi connectivity index (χ3v) is 4.73. The quantitative estimate of drug-likeness (QED) is 0.838. The Hall–Kier alpha value is -2.63. The molecule has 1 heterocycles. The summed E-state index contributed by atoms with van der Waals surface area (Å²) in [7, 11) is 1.34. The van der Waals surface area contributed by atoms with E-state index >= 15 is 0 Å². The molecule has 0 radical (unpaired) electrons. The summed E-state index contributed by atoms with van der Waals surface area (Å²) in [4.78, 5) is 16.6. The molecule has 0 N–H and O–H groups in total. The molecule has 138 valence electrons. The van der Waals surface area contributed by atoms with Crippen LogP contribution >= 0.6 is 0 Å². The summed E-state index contributed by atoms with van der Waals surface area (Å²) in [5.74, 6) is -2.70. The molecule has 1 aliphatic rings. The second-order valence-corrected chi connectivity index (χ2v) is 6.36. The predicted molar refractivity (Wildman–Crippen MR) is 96.8 cm³/mol. The van der Waals surface area contributed by atoms with E-state index in [1.165, 1.54) is 18.7 Å². The first-order chi connectivity index (χ1) is 12.5. The lowest BCUT2D eigenvalue weighted by Gasteiger charge is -2.25. The largest absolute Gasteiger partial charge is 0.496 e. The molecule has 0 aliphatic carbocycles. The number of rotatable bonds is 3. The molecular formula is C20H22F2N2O2. The van der Waals surface area contributed by atoms with E-state index in [4.69, 9.17) is 4.74 Å². The summed E-state index contributed by atoms with van der Waals surface area (Å²) in [5, 5.41) is 0. The van der Waals surface area contributed by atoms with Gasteiger partial charge in [-0.1, -0.05) is 18.2 Å². The average molecular weight is 360 g/mol. The first-order valence-electron chi connectivity index (χ1n) is 8.64. The highest BCUT2D eigenvalue weighted by molar-refractivity contribution is 5.97. The number of halogens is 2. The van der Waals surface area contributed by atoms with Gasteiger partial charge in [0.2, 0.25) is 0 Å². The second-order valence-electron chi connectivity index (χ2n) is 6.36. The van der Waals surface area contributed by atoms with Gasteiger partial charge >= 0.3 is 0 Å². The maximum absolute atomic E-state index is 14.2. The monoisotopic (exact) mass is 360 g/mol. The Morgan fingerprint density at radius 1 is 1.04 bits per heavy atom. The number of carbonyl (C=O) groups excluding carboxylic acids is 1. The van der Waals surface area contributed by atoms with Gasteiger partial charge < -0.3 is 14.5 Å². The van der Waals surface area contributed by atoms with Crippen LogP contribution in [0.5, 0.6) is 5.75 Å². The Labute approximate surface area is 152 Å². The van der Waals surface area contributed by atoms with Crippen molar-refractivity contribution in [3.8, 4) is 5.75 Å². The minimum absolute atomic E-state index is 0.0499. The van der Waals surface area contributed by atoms with E-state index in [9.17, 15) is 13.6 Å². The van der Waals surface area contributed by atoms with Crippen LogP contribution in [0.25, 0.3) is 0 Å². The maximum atomic E-state index is 14.2. The number of carbonyl (C=O) groups is 1. The number of anilines is 1. The molecule has 4 nitrogen and oxygen atoms in total. The predicted octanol–water partition coefficient (Wildman–Crippen LogP) is 3.63. The van der Waals surface area contributed by atoms with Crippen LogP contribution in [-0.2, 0) is 0 Å². The van der Waals surface area contributed by atoms with Gasteiger partial charge in [-0.15, -0.1) is 0 Å². The molecular weight excluding hydrogens is 338 g/mol. The molecule has 1 amide bonds. The fourth-order valence-electron chi connectivity index (χ4n) is 3.34. The third kappa shape index (κ3) is 3.49. The van der Waals surface area contributed by atoms with Crippen LogP contribution in [0.1, 0.15) is 22.3 Å². The van der Waals surface area contributed by atoms with Gasteiger partial charge in [-0.25, -0.2) is 8.78 Å². The molecule has 1 saturated heterocycles. The number of benzene rings is 2. The SMILES string of the molecule is COc1ccc(F)c(F)c1C(=O)N1CCCN(c2ccccc2C)CC1. The van der Waals surface area contributed by atoms with Gasteiger partial charge in [-0.2, -0.15) is 0 Å². The van der Waals surface area contributed by atoms with Crippen molar-refractivity contribution >= 4 is 11.6 Å². The summed E-state index contributed by atoms with van der Waals surface area (Å²) in [5.41, 5.74) is 1.97. The first kappa shape index (κ1) is 18.2. The Kier molecular flexibility index (Phi) is 5.40. The Balaban J connectivity index is 1.81. The summed E-state index contributed by atoms with van der Waals surface area (Å²) in [6.45, 7) is 4.41. The molecule has 0 bridgehead atoms. The number of hydrogen-bond donors (Lipinski definition) is 0. The lowest BCUT2D eigenvalue weighted by atomic mass is 10.1. The zero-order valence-corrected chi connectivity index (χ0v) is 15.0. The number of nitrogens with zero attached hydrogens (tertiary/aromatic N) is 2. The van der Waals surface area contributed by atoms with Gasteiger partial charge in [0.05, 0.1) is 7.11 Å². The number of methoxy groups -OCH3 is 1. The van der Waals surface area contributed by atoms with Gasteiger partial charge in [-0.05, 0) is 37.1 Å². The molecule has 26 heavy (non-hydrogen) atoms. The van der Waals surface area contributed by atoms with Gasteiger partial charge in [0.15, 0.2) is 11.6 Å². The van der Waals surface area contributed by atoms with Gasteiger partial charge in [0.25, 0.3) is 5.91 Å². The number of aryl methyl sites for hydroxylation is 1. The smallest absolute Gasteiger partial charge is 0.260 e. The summed E-state index contributed by atoms with van der Waals surface area (Å²) >= 11 is 0. The normalized spacial score (nSPS) is 14.9. The molecule has 2 aromatic carbocycles. The van der Waals surface area contributed by atoms with Crippen LogP contribution in [-0.4, -0.2) is 44.1 Å². The highest BCUT2D eigenvalue weighted by Gasteiger charge is 2.27. The molecule has 3 rings (SSSR count). The van der Waals surface area contributed by atoms with E-state index in [-0.39, 0.29) is 11.3 Å². The number of hydrogen-bond acceptors (Lipinski definition) is 3. The third-order valence-electron chi connectivity index (χ3n) is 4.73. The van der Waals surface area contributed by atoms with Crippen LogP contribution in [0.4, 0.5) is 14.5 Å². The topological polar surface area (TPSA) is 32.8 Å². The van der Waals surface area contributed by atoms with Crippen molar-refractivity contribution in [2.24, 2.45) is 0 Å². The van der Waals surface area contributed by atoms with Crippen molar-refractivity contribution in [1.82, 2.24) is 4.90 Å². The van der Waals surface area contributed by atoms with E-state index in [2.05, 4.69) is 24.0 Å². The molecule has 0 spiro atoms. The highest BCUT2D eigenvalue weighted by atomic mass is 19.2. The first-order valence-corrected chi connectivity index (χ1v) is 8.64. The van der Waals surface area contributed by atoms with Crippen LogP contribution in [0, 0.1) is 18.6 Å². The van der Waals surface area contributed by atoms with Crippen molar-refractivity contribution < 1.29 is 18.3 Å². The number of ether oxygens (including phenoxy) is 1. The van der Waals surface area contributed by atoms with Crippen LogP contribution in [0.3, 0.4) is 0 Å². The fraction of sp³-hybridized carbons (Fsp3) is 0.350. The lowest BCUT2D eigenvalue weighted by molar-refractivity contribution is 0.0757. The number of amides is 1. The molecule has 0 saturated carbocycles. The lowest BCUT2D eigenvalue weighted by Crippen LogP contribution is -2.36. The van der Waals surface area contributed by atoms with Crippen molar-refractivity contribution in [2.45, 2.75) is 13.3 Å². The summed E-state index contributed by atoms with van der Waals surface area (Å²) in [6, 6.07) is 10.3. The molecule has 0 aromatic heterocycles. The molecule has 0 unspecified atom stereocenters. The molecule has 2 aromatic rings. The minimum atomic E-state index is -1.16. The van der Waals surface area contributed by atoms with Gasteiger partial charge in [0, 0.05) is 31.9 Å². The van der Waals surface area contributed by atoms with E-state index in [0.29, 0.717) is 19.6 Å².